The van der Waals surface area contributed by atoms with Crippen LogP contribution in [0.3, 0.4) is 0 Å². The molecule has 0 aliphatic carbocycles. The molecule has 1 atom stereocenters. The van der Waals surface area contributed by atoms with Crippen molar-refractivity contribution in [2.45, 2.75) is 24.3 Å². The predicted molar refractivity (Wildman–Crippen MR) is 124 cm³/mol. The Bertz CT molecular complexity index is 1130. The van der Waals surface area contributed by atoms with E-state index in [0.717, 1.165) is 5.69 Å². The molecule has 3 rings (SSSR count). The van der Waals surface area contributed by atoms with Gasteiger partial charge in [-0.1, -0.05) is 35.3 Å². The Labute approximate surface area is 195 Å². The van der Waals surface area contributed by atoms with Crippen LogP contribution in [0, 0.1) is 29.4 Å². The fourth-order valence-corrected chi connectivity index (χ4v) is 4.30. The minimum Gasteiger partial charge on any atom is -0.490 e. The number of nitro groups is 1. The zero-order valence-corrected chi connectivity index (χ0v) is 19.1. The SMILES string of the molecule is C#CCOc1ccc([C@@H](C[N+](=O)[O-])Sc2nnc(C)n2-c2ccc(Cl)cc2)cc1OCC. The molecule has 8 nitrogen and oxygen atoms in total. The molecule has 1 heterocycles. The summed E-state index contributed by atoms with van der Waals surface area (Å²) in [6, 6.07) is 12.4. The lowest BCUT2D eigenvalue weighted by atomic mass is 10.1. The van der Waals surface area contributed by atoms with Crippen LogP contribution in [0.15, 0.2) is 47.6 Å². The van der Waals surface area contributed by atoms with Crippen molar-refractivity contribution in [1.82, 2.24) is 14.8 Å². The minimum absolute atomic E-state index is 0.0932. The van der Waals surface area contributed by atoms with Crippen LogP contribution in [0.25, 0.3) is 5.69 Å². The first kappa shape index (κ1) is 23.4. The number of rotatable bonds is 10. The topological polar surface area (TPSA) is 92.3 Å². The van der Waals surface area contributed by atoms with Crippen molar-refractivity contribution in [3.63, 3.8) is 0 Å². The first-order chi connectivity index (χ1) is 15.4. The molecule has 0 aliphatic rings. The van der Waals surface area contributed by atoms with Gasteiger partial charge in [0, 0.05) is 15.6 Å². The monoisotopic (exact) mass is 472 g/mol. The van der Waals surface area contributed by atoms with E-state index in [1.54, 1.807) is 30.3 Å². The molecule has 2 aromatic carbocycles. The maximum absolute atomic E-state index is 11.4. The van der Waals surface area contributed by atoms with Gasteiger partial charge in [-0.3, -0.25) is 14.7 Å². The second kappa shape index (κ2) is 10.9. The second-order valence-corrected chi connectivity index (χ2v) is 8.20. The lowest BCUT2D eigenvalue weighted by molar-refractivity contribution is -0.479. The van der Waals surface area contributed by atoms with Crippen LogP contribution in [0.2, 0.25) is 5.02 Å². The predicted octanol–water partition coefficient (Wildman–Crippen LogP) is 4.75. The summed E-state index contributed by atoms with van der Waals surface area (Å²) in [6.07, 6.45) is 5.27. The van der Waals surface area contributed by atoms with Crippen LogP contribution in [-0.4, -0.2) is 39.4 Å². The molecule has 0 radical (unpaired) electrons. The molecule has 0 saturated carbocycles. The summed E-state index contributed by atoms with van der Waals surface area (Å²) in [4.78, 5) is 11.1. The van der Waals surface area contributed by atoms with E-state index in [1.807, 2.05) is 30.5 Å². The van der Waals surface area contributed by atoms with Gasteiger partial charge in [0.05, 0.1) is 6.61 Å². The number of benzene rings is 2. The maximum Gasteiger partial charge on any atom is 0.220 e. The van der Waals surface area contributed by atoms with E-state index in [-0.39, 0.29) is 18.1 Å². The molecule has 10 heteroatoms. The van der Waals surface area contributed by atoms with Gasteiger partial charge < -0.3 is 9.47 Å². The van der Waals surface area contributed by atoms with Gasteiger partial charge >= 0.3 is 0 Å². The summed E-state index contributed by atoms with van der Waals surface area (Å²) in [5, 5.41) is 20.5. The largest absolute Gasteiger partial charge is 0.490 e. The number of aryl methyl sites for hydroxylation is 1. The van der Waals surface area contributed by atoms with Crippen molar-refractivity contribution in [1.29, 1.82) is 0 Å². The smallest absolute Gasteiger partial charge is 0.220 e. The number of nitrogens with zero attached hydrogens (tertiary/aromatic N) is 4. The molecule has 32 heavy (non-hydrogen) atoms. The van der Waals surface area contributed by atoms with Crippen molar-refractivity contribution in [2.75, 3.05) is 19.8 Å². The van der Waals surface area contributed by atoms with Crippen LogP contribution < -0.4 is 9.47 Å². The van der Waals surface area contributed by atoms with Gasteiger partial charge in [-0.05, 0) is 55.8 Å². The molecule has 0 amide bonds. The van der Waals surface area contributed by atoms with E-state index in [4.69, 9.17) is 27.5 Å². The quantitative estimate of drug-likeness (QED) is 0.182. The first-order valence-corrected chi connectivity index (χ1v) is 11.0. The number of aromatic nitrogens is 3. The standard InChI is InChI=1S/C22H21ClN4O4S/c1-4-12-31-19-11-6-16(13-20(19)30-5-2)21(14-26(28)29)32-22-25-24-15(3)27(22)18-9-7-17(23)8-10-18/h1,6-11,13,21H,5,12,14H2,2-3H3/t21-/m1/s1. The average Bonchev–Trinajstić information content (AvgIpc) is 3.13. The number of ether oxygens (including phenoxy) is 2. The van der Waals surface area contributed by atoms with E-state index >= 15 is 0 Å². The highest BCUT2D eigenvalue weighted by Crippen LogP contribution is 2.39. The lowest BCUT2D eigenvalue weighted by Gasteiger charge is -2.17. The van der Waals surface area contributed by atoms with Gasteiger partial charge in [-0.2, -0.15) is 0 Å². The van der Waals surface area contributed by atoms with Crippen molar-refractivity contribution in [2.24, 2.45) is 0 Å². The van der Waals surface area contributed by atoms with Crippen LogP contribution >= 0.6 is 23.4 Å². The third-order valence-corrected chi connectivity index (χ3v) is 5.83. The molecule has 166 valence electrons. The zero-order chi connectivity index (χ0) is 23.1. The average molecular weight is 473 g/mol. The number of hydrogen-bond donors (Lipinski definition) is 0. The fourth-order valence-electron chi connectivity index (χ4n) is 3.01. The number of terminal acetylenes is 1. The van der Waals surface area contributed by atoms with Crippen molar-refractivity contribution in [3.8, 4) is 29.5 Å². The zero-order valence-electron chi connectivity index (χ0n) is 17.5. The molecule has 0 aliphatic heterocycles. The summed E-state index contributed by atoms with van der Waals surface area (Å²) in [5.74, 6) is 4.03. The van der Waals surface area contributed by atoms with Crippen molar-refractivity contribution in [3.05, 3.63) is 69.0 Å². The van der Waals surface area contributed by atoms with Crippen molar-refractivity contribution >= 4 is 23.4 Å². The molecular formula is C22H21ClN4O4S. The number of thioether (sulfide) groups is 1. The Morgan fingerprint density at radius 2 is 1.97 bits per heavy atom. The molecular weight excluding hydrogens is 452 g/mol. The van der Waals surface area contributed by atoms with Gasteiger partial charge in [0.2, 0.25) is 6.54 Å². The van der Waals surface area contributed by atoms with E-state index < -0.39 is 5.25 Å². The summed E-state index contributed by atoms with van der Waals surface area (Å²) in [5.41, 5.74) is 1.51. The Hall–Kier alpha value is -3.22. The maximum atomic E-state index is 11.4. The molecule has 0 unspecified atom stereocenters. The third-order valence-electron chi connectivity index (χ3n) is 4.39. The van der Waals surface area contributed by atoms with Gasteiger partial charge in [0.15, 0.2) is 16.7 Å². The normalized spacial score (nSPS) is 11.6. The van der Waals surface area contributed by atoms with Gasteiger partial charge in [0.1, 0.15) is 17.7 Å². The first-order valence-electron chi connectivity index (χ1n) is 9.72. The van der Waals surface area contributed by atoms with Crippen LogP contribution in [0.4, 0.5) is 0 Å². The van der Waals surface area contributed by atoms with Gasteiger partial charge in [-0.15, -0.1) is 16.6 Å². The molecule has 1 aromatic heterocycles. The van der Waals surface area contributed by atoms with E-state index in [1.165, 1.54) is 11.8 Å². The van der Waals surface area contributed by atoms with Gasteiger partial charge in [0.25, 0.3) is 0 Å². The molecule has 3 aromatic rings. The van der Waals surface area contributed by atoms with E-state index in [2.05, 4.69) is 16.1 Å². The lowest BCUT2D eigenvalue weighted by Crippen LogP contribution is -2.11. The van der Waals surface area contributed by atoms with Crippen LogP contribution in [-0.2, 0) is 0 Å². The Morgan fingerprint density at radius 1 is 1.22 bits per heavy atom. The van der Waals surface area contributed by atoms with Crippen LogP contribution in [0.5, 0.6) is 11.5 Å². The summed E-state index contributed by atoms with van der Waals surface area (Å²) < 4.78 is 13.0. The molecule has 0 saturated heterocycles. The third kappa shape index (κ3) is 5.72. The summed E-state index contributed by atoms with van der Waals surface area (Å²) in [7, 11) is 0. The minimum atomic E-state index is -0.541. The summed E-state index contributed by atoms with van der Waals surface area (Å²) >= 11 is 7.26. The number of halogens is 1. The van der Waals surface area contributed by atoms with Crippen LogP contribution in [0.1, 0.15) is 23.6 Å². The highest BCUT2D eigenvalue weighted by atomic mass is 35.5. The molecule has 0 fully saturated rings. The second-order valence-electron chi connectivity index (χ2n) is 6.60. The van der Waals surface area contributed by atoms with Gasteiger partial charge in [-0.25, -0.2) is 0 Å². The Balaban J connectivity index is 1.97. The Morgan fingerprint density at radius 3 is 2.62 bits per heavy atom. The molecule has 0 N–H and O–H groups in total. The summed E-state index contributed by atoms with van der Waals surface area (Å²) in [6.45, 7) is 3.85. The number of hydrogen-bond acceptors (Lipinski definition) is 7. The Kier molecular flexibility index (Phi) is 7.98. The van der Waals surface area contributed by atoms with Crippen molar-refractivity contribution < 1.29 is 14.4 Å². The highest BCUT2D eigenvalue weighted by molar-refractivity contribution is 7.99. The highest BCUT2D eigenvalue weighted by Gasteiger charge is 2.25. The molecule has 0 bridgehead atoms. The van der Waals surface area contributed by atoms with E-state index in [9.17, 15) is 10.1 Å². The van der Waals surface area contributed by atoms with E-state index in [0.29, 0.717) is 39.7 Å². The fraction of sp³-hybridized carbons (Fsp3) is 0.273. The molecule has 0 spiro atoms.